The molecule has 1 N–H and O–H groups in total. The van der Waals surface area contributed by atoms with Gasteiger partial charge in [-0.15, -0.1) is 0 Å². The van der Waals surface area contributed by atoms with E-state index < -0.39 is 5.97 Å². The molecule has 5 nitrogen and oxygen atoms in total. The average Bonchev–Trinajstić information content (AvgIpc) is 3.17. The molecule has 0 aliphatic heterocycles. The second-order valence-corrected chi connectivity index (χ2v) is 6.29. The maximum atomic E-state index is 11.3. The third kappa shape index (κ3) is 3.93. The van der Waals surface area contributed by atoms with Crippen molar-refractivity contribution in [3.05, 3.63) is 17.1 Å². The Bertz CT molecular complexity index is 501. The van der Waals surface area contributed by atoms with Gasteiger partial charge in [0.15, 0.2) is 0 Å². The first kappa shape index (κ1) is 15.3. The standard InChI is InChI=1S/C14H20N2O3S/c1-8(2)12-15-9(3)11(14(17)18)13(16-12)20-7-19-6-10-4-5-10/h8,10H,4-7H2,1-3H3,(H,17,18). The van der Waals surface area contributed by atoms with E-state index in [0.717, 1.165) is 6.61 Å². The van der Waals surface area contributed by atoms with Crippen molar-refractivity contribution in [1.82, 2.24) is 9.97 Å². The molecule has 1 heterocycles. The zero-order valence-corrected chi connectivity index (χ0v) is 12.9. The zero-order chi connectivity index (χ0) is 14.7. The van der Waals surface area contributed by atoms with Gasteiger partial charge in [-0.3, -0.25) is 0 Å². The van der Waals surface area contributed by atoms with E-state index in [1.165, 1.54) is 24.6 Å². The SMILES string of the molecule is Cc1nc(C(C)C)nc(SCOCC2CC2)c1C(=O)O. The molecule has 20 heavy (non-hydrogen) atoms. The molecule has 1 aliphatic carbocycles. The Morgan fingerprint density at radius 2 is 2.15 bits per heavy atom. The van der Waals surface area contributed by atoms with Gasteiger partial charge in [0.2, 0.25) is 0 Å². The number of aromatic carboxylic acids is 1. The van der Waals surface area contributed by atoms with E-state index in [2.05, 4.69) is 9.97 Å². The van der Waals surface area contributed by atoms with Gasteiger partial charge < -0.3 is 9.84 Å². The summed E-state index contributed by atoms with van der Waals surface area (Å²) in [6, 6.07) is 0. The smallest absolute Gasteiger partial charge is 0.340 e. The molecule has 1 saturated carbocycles. The molecule has 1 aromatic heterocycles. The van der Waals surface area contributed by atoms with Crippen LogP contribution in [0, 0.1) is 12.8 Å². The summed E-state index contributed by atoms with van der Waals surface area (Å²) >= 11 is 1.34. The summed E-state index contributed by atoms with van der Waals surface area (Å²) in [5, 5.41) is 9.80. The summed E-state index contributed by atoms with van der Waals surface area (Å²) in [5.41, 5.74) is 0.704. The van der Waals surface area contributed by atoms with Crippen molar-refractivity contribution in [3.63, 3.8) is 0 Å². The Kier molecular flexibility index (Phi) is 4.99. The quantitative estimate of drug-likeness (QED) is 0.361. The minimum Gasteiger partial charge on any atom is -0.478 e. The number of carboxylic acids is 1. The van der Waals surface area contributed by atoms with E-state index in [1.807, 2.05) is 13.8 Å². The topological polar surface area (TPSA) is 72.3 Å². The minimum atomic E-state index is -0.984. The fourth-order valence-electron chi connectivity index (χ4n) is 1.77. The lowest BCUT2D eigenvalue weighted by Crippen LogP contribution is -2.11. The van der Waals surface area contributed by atoms with E-state index in [1.54, 1.807) is 6.92 Å². The summed E-state index contributed by atoms with van der Waals surface area (Å²) < 4.78 is 5.55. The molecule has 0 spiro atoms. The van der Waals surface area contributed by atoms with Crippen molar-refractivity contribution >= 4 is 17.7 Å². The Morgan fingerprint density at radius 1 is 1.45 bits per heavy atom. The van der Waals surface area contributed by atoms with E-state index >= 15 is 0 Å². The van der Waals surface area contributed by atoms with Crippen molar-refractivity contribution in [1.29, 1.82) is 0 Å². The van der Waals surface area contributed by atoms with Crippen LogP contribution in [0.5, 0.6) is 0 Å². The molecule has 0 aromatic carbocycles. The number of carbonyl (C=O) groups is 1. The highest BCUT2D eigenvalue weighted by Gasteiger charge is 2.22. The van der Waals surface area contributed by atoms with Gasteiger partial charge in [0.05, 0.1) is 18.2 Å². The van der Waals surface area contributed by atoms with Gasteiger partial charge >= 0.3 is 5.97 Å². The normalized spacial score (nSPS) is 14.8. The number of nitrogens with zero attached hydrogens (tertiary/aromatic N) is 2. The van der Waals surface area contributed by atoms with Crippen molar-refractivity contribution in [2.24, 2.45) is 5.92 Å². The lowest BCUT2D eigenvalue weighted by Gasteiger charge is -2.12. The molecule has 2 rings (SSSR count). The van der Waals surface area contributed by atoms with Gasteiger partial charge in [0.1, 0.15) is 16.4 Å². The molecule has 6 heteroatoms. The molecule has 0 radical (unpaired) electrons. The Labute approximate surface area is 123 Å². The van der Waals surface area contributed by atoms with E-state index in [4.69, 9.17) is 4.74 Å². The second kappa shape index (κ2) is 6.54. The van der Waals surface area contributed by atoms with Crippen LogP contribution in [0.1, 0.15) is 54.5 Å². The van der Waals surface area contributed by atoms with Crippen molar-refractivity contribution in [2.75, 3.05) is 12.5 Å². The lowest BCUT2D eigenvalue weighted by molar-refractivity contribution is 0.0690. The maximum absolute atomic E-state index is 11.3. The first-order valence-electron chi connectivity index (χ1n) is 6.81. The number of hydrogen-bond acceptors (Lipinski definition) is 5. The van der Waals surface area contributed by atoms with Crippen LogP contribution < -0.4 is 0 Å². The molecule has 1 fully saturated rings. The largest absolute Gasteiger partial charge is 0.478 e. The first-order valence-corrected chi connectivity index (χ1v) is 7.80. The Balaban J connectivity index is 2.11. The van der Waals surface area contributed by atoms with Crippen LogP contribution in [0.3, 0.4) is 0 Å². The minimum absolute atomic E-state index is 0.170. The number of aryl methyl sites for hydroxylation is 1. The highest BCUT2D eigenvalue weighted by atomic mass is 32.2. The summed E-state index contributed by atoms with van der Waals surface area (Å²) in [6.45, 7) is 6.46. The number of aromatic nitrogens is 2. The highest BCUT2D eigenvalue weighted by molar-refractivity contribution is 7.99. The van der Waals surface area contributed by atoms with Crippen LogP contribution in [0.2, 0.25) is 0 Å². The summed E-state index contributed by atoms with van der Waals surface area (Å²) in [6.07, 6.45) is 2.49. The molecular formula is C14H20N2O3S. The molecule has 0 unspecified atom stereocenters. The van der Waals surface area contributed by atoms with Crippen LogP contribution in [-0.2, 0) is 4.74 Å². The first-order chi connectivity index (χ1) is 9.49. The Hall–Kier alpha value is -1.14. The average molecular weight is 296 g/mol. The number of ether oxygens (including phenoxy) is 1. The van der Waals surface area contributed by atoms with Gasteiger partial charge in [0.25, 0.3) is 0 Å². The van der Waals surface area contributed by atoms with Crippen LogP contribution in [0.15, 0.2) is 5.03 Å². The molecule has 1 aliphatic rings. The molecule has 0 atom stereocenters. The molecular weight excluding hydrogens is 276 g/mol. The van der Waals surface area contributed by atoms with Gasteiger partial charge in [-0.2, -0.15) is 0 Å². The van der Waals surface area contributed by atoms with Gasteiger partial charge in [-0.25, -0.2) is 14.8 Å². The fraction of sp³-hybridized carbons (Fsp3) is 0.643. The monoisotopic (exact) mass is 296 g/mol. The summed E-state index contributed by atoms with van der Waals surface area (Å²) in [4.78, 5) is 20.0. The van der Waals surface area contributed by atoms with Crippen LogP contribution in [0.4, 0.5) is 0 Å². The third-order valence-corrected chi connectivity index (χ3v) is 3.99. The van der Waals surface area contributed by atoms with E-state index in [-0.39, 0.29) is 11.5 Å². The van der Waals surface area contributed by atoms with Gasteiger partial charge in [0, 0.05) is 5.92 Å². The maximum Gasteiger partial charge on any atom is 0.340 e. The molecule has 0 amide bonds. The molecule has 1 aromatic rings. The lowest BCUT2D eigenvalue weighted by atomic mass is 10.2. The van der Waals surface area contributed by atoms with Gasteiger partial charge in [-0.1, -0.05) is 25.6 Å². The predicted molar refractivity (Wildman–Crippen MR) is 77.2 cm³/mol. The van der Waals surface area contributed by atoms with Crippen molar-refractivity contribution < 1.29 is 14.6 Å². The van der Waals surface area contributed by atoms with Crippen LogP contribution in [0.25, 0.3) is 0 Å². The van der Waals surface area contributed by atoms with E-state index in [9.17, 15) is 9.90 Å². The highest BCUT2D eigenvalue weighted by Crippen LogP contribution is 2.30. The fourth-order valence-corrected chi connectivity index (χ4v) is 2.60. The zero-order valence-electron chi connectivity index (χ0n) is 12.0. The molecule has 0 saturated heterocycles. The number of hydrogen-bond donors (Lipinski definition) is 1. The number of rotatable bonds is 7. The molecule has 0 bridgehead atoms. The van der Waals surface area contributed by atoms with Crippen LogP contribution >= 0.6 is 11.8 Å². The number of carboxylic acid groups (broad SMARTS) is 1. The Morgan fingerprint density at radius 3 is 2.70 bits per heavy atom. The van der Waals surface area contributed by atoms with Crippen molar-refractivity contribution in [2.45, 2.75) is 44.6 Å². The number of thioether (sulfide) groups is 1. The van der Waals surface area contributed by atoms with Crippen molar-refractivity contribution in [3.8, 4) is 0 Å². The van der Waals surface area contributed by atoms with E-state index in [0.29, 0.717) is 28.4 Å². The summed E-state index contributed by atoms with van der Waals surface area (Å²) in [5.74, 6) is 1.00. The molecule has 110 valence electrons. The second-order valence-electron chi connectivity index (χ2n) is 5.38. The third-order valence-electron chi connectivity index (χ3n) is 3.13. The van der Waals surface area contributed by atoms with Gasteiger partial charge in [-0.05, 0) is 25.7 Å². The summed E-state index contributed by atoms with van der Waals surface area (Å²) in [7, 11) is 0. The van der Waals surface area contributed by atoms with Crippen LogP contribution in [-0.4, -0.2) is 33.6 Å². The predicted octanol–water partition coefficient (Wildman–Crippen LogP) is 3.08.